The molecule has 0 spiro atoms. The fourth-order valence-corrected chi connectivity index (χ4v) is 7.12. The van der Waals surface area contributed by atoms with E-state index < -0.39 is 63.1 Å². The average molecular weight is 585 g/mol. The van der Waals surface area contributed by atoms with Crippen molar-refractivity contribution in [2.45, 2.75) is 79.3 Å². The molecule has 0 radical (unpaired) electrons. The predicted molar refractivity (Wildman–Crippen MR) is 123 cm³/mol. The third-order valence-electron chi connectivity index (χ3n) is 6.86. The van der Waals surface area contributed by atoms with Gasteiger partial charge in [-0.1, -0.05) is 0 Å². The second kappa shape index (κ2) is 9.50. The minimum Gasteiger partial charge on any atom is -0.611 e. The van der Waals surface area contributed by atoms with E-state index in [1.165, 1.54) is 17.0 Å². The van der Waals surface area contributed by atoms with Gasteiger partial charge in [0.05, 0.1) is 6.04 Å². The average Bonchev–Trinajstić information content (AvgIpc) is 3.22. The van der Waals surface area contributed by atoms with Crippen LogP contribution in [0.2, 0.25) is 0 Å². The molecule has 5 nitrogen and oxygen atoms in total. The van der Waals surface area contributed by atoms with Crippen molar-refractivity contribution >= 4 is 17.3 Å². The molecule has 2 heterocycles. The minimum atomic E-state index is -6.33. The van der Waals surface area contributed by atoms with E-state index in [2.05, 4.69) is 4.98 Å². The highest BCUT2D eigenvalue weighted by Crippen LogP contribution is 2.56. The number of likely N-dealkylation sites (tertiary alicyclic amines) is 1. The van der Waals surface area contributed by atoms with Crippen molar-refractivity contribution in [1.29, 1.82) is 0 Å². The number of aromatic nitrogens is 1. The molecular weight excluding hydrogens is 560 g/mol. The third kappa shape index (κ3) is 4.83. The maximum absolute atomic E-state index is 14.8. The first-order valence-corrected chi connectivity index (χ1v) is 13.0. The normalized spacial score (nSPS) is 22.8. The van der Waals surface area contributed by atoms with Crippen LogP contribution in [0.5, 0.6) is 0 Å². The first kappa shape index (κ1) is 29.4. The van der Waals surface area contributed by atoms with Crippen molar-refractivity contribution in [1.82, 2.24) is 9.88 Å². The van der Waals surface area contributed by atoms with E-state index in [0.29, 0.717) is 6.07 Å². The van der Waals surface area contributed by atoms with Crippen LogP contribution in [0.1, 0.15) is 50.4 Å². The molecule has 1 aliphatic carbocycles. The Labute approximate surface area is 221 Å². The van der Waals surface area contributed by atoms with Crippen LogP contribution in [-0.2, 0) is 32.7 Å². The summed E-state index contributed by atoms with van der Waals surface area (Å²) in [6.07, 6.45) is -13.5. The van der Waals surface area contributed by atoms with Gasteiger partial charge in [-0.3, -0.25) is 9.88 Å². The summed E-state index contributed by atoms with van der Waals surface area (Å²) in [6.45, 7) is 4.89. The quantitative estimate of drug-likeness (QED) is 0.307. The van der Waals surface area contributed by atoms with Crippen LogP contribution in [0, 0.1) is 5.82 Å². The minimum absolute atomic E-state index is 0.00641. The molecule has 4 rings (SSSR count). The lowest BCUT2D eigenvalue weighted by molar-refractivity contribution is -0.348. The van der Waals surface area contributed by atoms with Crippen molar-refractivity contribution in [3.05, 3.63) is 59.2 Å². The number of amides is 1. The van der Waals surface area contributed by atoms with Crippen molar-refractivity contribution in [3.8, 4) is 0 Å². The fraction of sp³-hybridized carbons (Fsp3) is 0.520. The number of fused-ring (bicyclic) bond motifs is 3. The van der Waals surface area contributed by atoms with Crippen molar-refractivity contribution in [3.63, 3.8) is 0 Å². The van der Waals surface area contributed by atoms with Crippen molar-refractivity contribution < 1.29 is 49.2 Å². The lowest BCUT2D eigenvalue weighted by Gasteiger charge is -2.42. The first-order chi connectivity index (χ1) is 17.8. The van der Waals surface area contributed by atoms with E-state index in [1.54, 1.807) is 20.8 Å². The van der Waals surface area contributed by atoms with Gasteiger partial charge in [0.15, 0.2) is 9.64 Å². The Morgan fingerprint density at radius 2 is 1.67 bits per heavy atom. The molecule has 1 fully saturated rings. The van der Waals surface area contributed by atoms with Crippen LogP contribution < -0.4 is 0 Å². The molecule has 2 aliphatic rings. The summed E-state index contributed by atoms with van der Waals surface area (Å²) in [5.41, 5.74) is -8.58. The number of halogens is 8. The topological polar surface area (TPSA) is 65.5 Å². The number of aryl methyl sites for hydroxylation is 1. The van der Waals surface area contributed by atoms with Crippen LogP contribution in [0.3, 0.4) is 0 Å². The zero-order chi connectivity index (χ0) is 29.2. The summed E-state index contributed by atoms with van der Waals surface area (Å²) >= 11 is -2.10. The lowest BCUT2D eigenvalue weighted by atomic mass is 9.80. The Kier molecular flexibility index (Phi) is 7.15. The highest BCUT2D eigenvalue weighted by atomic mass is 32.2. The molecule has 2 aromatic rings. The molecule has 0 saturated carbocycles. The molecule has 3 unspecified atom stereocenters. The third-order valence-corrected chi connectivity index (χ3v) is 8.89. The fourth-order valence-electron chi connectivity index (χ4n) is 5.19. The van der Waals surface area contributed by atoms with Crippen LogP contribution in [0.25, 0.3) is 0 Å². The van der Waals surface area contributed by atoms with Gasteiger partial charge >= 0.3 is 24.1 Å². The van der Waals surface area contributed by atoms with Gasteiger partial charge in [-0.2, -0.15) is 26.3 Å². The number of pyridine rings is 1. The van der Waals surface area contributed by atoms with Gasteiger partial charge in [0.2, 0.25) is 0 Å². The molecule has 1 aliphatic heterocycles. The summed E-state index contributed by atoms with van der Waals surface area (Å²) in [7, 11) is 0. The number of benzene rings is 1. The van der Waals surface area contributed by atoms with Gasteiger partial charge in [-0.05, 0) is 80.7 Å². The zero-order valence-corrected chi connectivity index (χ0v) is 21.7. The number of rotatable bonds is 3. The molecule has 14 heteroatoms. The van der Waals surface area contributed by atoms with Crippen LogP contribution in [-0.4, -0.2) is 51.1 Å². The van der Waals surface area contributed by atoms with Crippen LogP contribution in [0.4, 0.5) is 39.9 Å². The van der Waals surface area contributed by atoms with Gasteiger partial charge in [0, 0.05) is 24.7 Å². The molecule has 1 amide bonds. The number of nitrogens with zero attached hydrogens (tertiary/aromatic N) is 2. The largest absolute Gasteiger partial charge is 0.611 e. The Balaban J connectivity index is 1.87. The van der Waals surface area contributed by atoms with E-state index in [1.807, 2.05) is 0 Å². The Morgan fingerprint density at radius 3 is 2.21 bits per heavy atom. The van der Waals surface area contributed by atoms with Gasteiger partial charge < -0.3 is 9.29 Å². The second-order valence-corrected chi connectivity index (χ2v) is 12.2. The summed E-state index contributed by atoms with van der Waals surface area (Å²) in [4.78, 5) is 18.3. The van der Waals surface area contributed by atoms with E-state index in [-0.39, 0.29) is 48.2 Å². The molecule has 0 bridgehead atoms. The number of hydrogen-bond donors (Lipinski definition) is 0. The second-order valence-electron chi connectivity index (χ2n) is 10.5. The lowest BCUT2D eigenvalue weighted by Crippen LogP contribution is -2.54. The number of carbonyl (C=O) groups is 1. The molecule has 1 saturated heterocycles. The molecule has 214 valence electrons. The van der Waals surface area contributed by atoms with Gasteiger partial charge in [0.25, 0.3) is 0 Å². The van der Waals surface area contributed by atoms with E-state index >= 15 is 0 Å². The van der Waals surface area contributed by atoms with E-state index in [4.69, 9.17) is 4.74 Å². The predicted octanol–water partition coefficient (Wildman–Crippen LogP) is 6.47. The number of hydrogen-bond acceptors (Lipinski definition) is 4. The molecular formula is C25H24F8N2O3S. The van der Waals surface area contributed by atoms with E-state index in [9.17, 15) is 44.5 Å². The highest BCUT2D eigenvalue weighted by molar-refractivity contribution is 7.92. The molecule has 3 atom stereocenters. The summed E-state index contributed by atoms with van der Waals surface area (Å²) in [6, 6.07) is 4.14. The Morgan fingerprint density at radius 1 is 1.08 bits per heavy atom. The Hall–Kier alpha value is -2.61. The summed E-state index contributed by atoms with van der Waals surface area (Å²) in [5, 5.41) is 0. The monoisotopic (exact) mass is 584 g/mol. The van der Waals surface area contributed by atoms with Gasteiger partial charge in [-0.15, -0.1) is 0 Å². The Bertz CT molecular complexity index is 1230. The van der Waals surface area contributed by atoms with E-state index in [0.717, 1.165) is 12.1 Å². The molecule has 0 N–H and O–H groups in total. The van der Waals surface area contributed by atoms with Crippen LogP contribution in [0.15, 0.2) is 41.4 Å². The van der Waals surface area contributed by atoms with Crippen LogP contribution >= 0.6 is 0 Å². The highest BCUT2D eigenvalue weighted by Gasteiger charge is 2.74. The van der Waals surface area contributed by atoms with Crippen molar-refractivity contribution in [2.75, 3.05) is 6.54 Å². The SMILES string of the molecule is CC(C)(C)OC(=O)N1CCC2([S+]([O-])c3ccc(F)cc3)c3ncc(C(F)(C(F)(F)F)C(F)(F)F)cc3CCC12. The molecule has 1 aromatic carbocycles. The van der Waals surface area contributed by atoms with Crippen molar-refractivity contribution in [2.24, 2.45) is 0 Å². The number of ether oxygens (including phenoxy) is 1. The zero-order valence-electron chi connectivity index (χ0n) is 20.9. The first-order valence-electron chi connectivity index (χ1n) is 11.8. The number of carbonyl (C=O) groups excluding carboxylic acids is 1. The summed E-state index contributed by atoms with van der Waals surface area (Å²) in [5.74, 6) is -0.628. The standard InChI is InChI=1S/C25H24F8N2O3S/c1-21(2,3)38-20(36)35-11-10-22(39(37)17-7-5-16(26)6-8-17)18(35)9-4-14-12-15(13-34-19(14)22)23(27,24(28,29)30)25(31,32)33/h5-8,12-13,18H,4,9-11H2,1-3H3. The van der Waals surface area contributed by atoms with Gasteiger partial charge in [0.1, 0.15) is 17.1 Å². The molecule has 39 heavy (non-hydrogen) atoms. The number of alkyl halides is 7. The maximum atomic E-state index is 14.8. The molecule has 1 aromatic heterocycles. The van der Waals surface area contributed by atoms with Gasteiger partial charge in [-0.25, -0.2) is 13.6 Å². The maximum Gasteiger partial charge on any atom is 0.436 e. The smallest absolute Gasteiger partial charge is 0.436 e. The summed E-state index contributed by atoms with van der Waals surface area (Å²) < 4.78 is 127.